The molecule has 20 heavy (non-hydrogen) atoms. The predicted octanol–water partition coefficient (Wildman–Crippen LogP) is 1.80. The zero-order valence-corrected chi connectivity index (χ0v) is 11.4. The van der Waals surface area contributed by atoms with Gasteiger partial charge in [0.25, 0.3) is 0 Å². The molecule has 0 bridgehead atoms. The minimum absolute atomic E-state index is 0.0140. The van der Waals surface area contributed by atoms with E-state index < -0.39 is 15.8 Å². The van der Waals surface area contributed by atoms with E-state index in [1.807, 2.05) is 0 Å². The van der Waals surface area contributed by atoms with E-state index in [2.05, 4.69) is 4.72 Å². The van der Waals surface area contributed by atoms with Crippen LogP contribution in [0.25, 0.3) is 0 Å². The molecule has 0 fully saturated rings. The molecule has 0 heterocycles. The van der Waals surface area contributed by atoms with Gasteiger partial charge >= 0.3 is 0 Å². The first kappa shape index (κ1) is 14.6. The topological polar surface area (TPSA) is 66.4 Å². The normalized spacial score (nSPS) is 11.5. The summed E-state index contributed by atoms with van der Waals surface area (Å²) in [5.74, 6) is -0.419. The summed E-state index contributed by atoms with van der Waals surface area (Å²) < 4.78 is 39.7. The summed E-state index contributed by atoms with van der Waals surface area (Å²) in [5, 5.41) is 9.16. The average molecular weight is 295 g/mol. The summed E-state index contributed by atoms with van der Waals surface area (Å²) in [7, 11) is -3.75. The highest BCUT2D eigenvalue weighted by molar-refractivity contribution is 7.89. The average Bonchev–Trinajstić information content (AvgIpc) is 2.45. The third kappa shape index (κ3) is 3.41. The molecule has 2 rings (SSSR count). The maximum Gasteiger partial charge on any atom is 0.241 e. The van der Waals surface area contributed by atoms with Crippen LogP contribution in [0.5, 0.6) is 0 Å². The van der Waals surface area contributed by atoms with Gasteiger partial charge in [0.05, 0.1) is 11.5 Å². The van der Waals surface area contributed by atoms with E-state index in [1.165, 1.54) is 30.3 Å². The molecule has 0 spiro atoms. The largest absolute Gasteiger partial charge is 0.392 e. The van der Waals surface area contributed by atoms with Crippen LogP contribution in [0.15, 0.2) is 53.4 Å². The lowest BCUT2D eigenvalue weighted by molar-refractivity contribution is 0.278. The fourth-order valence-electron chi connectivity index (χ4n) is 1.80. The van der Waals surface area contributed by atoms with E-state index in [-0.39, 0.29) is 18.0 Å². The fraction of sp³-hybridized carbons (Fsp3) is 0.143. The number of aliphatic hydroxyl groups excluding tert-OH is 1. The van der Waals surface area contributed by atoms with Crippen molar-refractivity contribution in [2.24, 2.45) is 0 Å². The molecule has 2 aromatic rings. The number of hydrogen-bond donors (Lipinski definition) is 2. The van der Waals surface area contributed by atoms with Crippen LogP contribution in [0.3, 0.4) is 0 Å². The van der Waals surface area contributed by atoms with Crippen molar-refractivity contribution in [3.63, 3.8) is 0 Å². The second kappa shape index (κ2) is 6.13. The van der Waals surface area contributed by atoms with Gasteiger partial charge in [0, 0.05) is 6.54 Å². The standard InChI is InChI=1S/C14H14FNO3S/c15-13-6-3-4-11(8-13)9-16-20(18,19)14-7-2-1-5-12(14)10-17/h1-8,16-17H,9-10H2. The van der Waals surface area contributed by atoms with Crippen LogP contribution in [-0.4, -0.2) is 13.5 Å². The minimum Gasteiger partial charge on any atom is -0.392 e. The van der Waals surface area contributed by atoms with Gasteiger partial charge in [-0.15, -0.1) is 0 Å². The summed E-state index contributed by atoms with van der Waals surface area (Å²) >= 11 is 0. The molecule has 2 aromatic carbocycles. The van der Waals surface area contributed by atoms with Gasteiger partial charge in [0.2, 0.25) is 10.0 Å². The van der Waals surface area contributed by atoms with Crippen molar-refractivity contribution in [3.05, 3.63) is 65.5 Å². The highest BCUT2D eigenvalue weighted by Gasteiger charge is 2.17. The molecule has 106 valence electrons. The Bertz CT molecular complexity index is 701. The van der Waals surface area contributed by atoms with Crippen molar-refractivity contribution in [3.8, 4) is 0 Å². The van der Waals surface area contributed by atoms with Crippen LogP contribution in [0.1, 0.15) is 11.1 Å². The molecule has 6 heteroatoms. The van der Waals surface area contributed by atoms with E-state index in [0.29, 0.717) is 11.1 Å². The quantitative estimate of drug-likeness (QED) is 0.884. The van der Waals surface area contributed by atoms with Crippen molar-refractivity contribution < 1.29 is 17.9 Å². The van der Waals surface area contributed by atoms with Crippen molar-refractivity contribution in [2.75, 3.05) is 0 Å². The Balaban J connectivity index is 2.19. The van der Waals surface area contributed by atoms with Gasteiger partial charge in [-0.05, 0) is 29.3 Å². The smallest absolute Gasteiger partial charge is 0.241 e. The van der Waals surface area contributed by atoms with Gasteiger partial charge in [-0.2, -0.15) is 0 Å². The highest BCUT2D eigenvalue weighted by atomic mass is 32.2. The zero-order valence-electron chi connectivity index (χ0n) is 10.6. The first-order chi connectivity index (χ1) is 9.53. The lowest BCUT2D eigenvalue weighted by Gasteiger charge is -2.10. The fourth-order valence-corrected chi connectivity index (χ4v) is 3.05. The molecule has 0 aliphatic heterocycles. The van der Waals surface area contributed by atoms with Crippen LogP contribution in [0.4, 0.5) is 4.39 Å². The molecule has 4 nitrogen and oxygen atoms in total. The maximum atomic E-state index is 13.0. The lowest BCUT2D eigenvalue weighted by atomic mass is 10.2. The molecular formula is C14H14FNO3S. The molecule has 0 aliphatic rings. The Morgan fingerprint density at radius 1 is 1.10 bits per heavy atom. The first-order valence-electron chi connectivity index (χ1n) is 5.96. The molecule has 2 N–H and O–H groups in total. The third-order valence-corrected chi connectivity index (χ3v) is 4.29. The monoisotopic (exact) mass is 295 g/mol. The number of halogens is 1. The molecule has 0 radical (unpaired) electrons. The molecule has 0 amide bonds. The first-order valence-corrected chi connectivity index (χ1v) is 7.44. The Hall–Kier alpha value is -1.76. The number of hydrogen-bond acceptors (Lipinski definition) is 3. The Morgan fingerprint density at radius 3 is 2.55 bits per heavy atom. The highest BCUT2D eigenvalue weighted by Crippen LogP contribution is 2.15. The van der Waals surface area contributed by atoms with Crippen LogP contribution in [-0.2, 0) is 23.2 Å². The zero-order chi connectivity index (χ0) is 14.6. The molecule has 0 saturated heterocycles. The van der Waals surface area contributed by atoms with E-state index in [0.717, 1.165) is 0 Å². The van der Waals surface area contributed by atoms with Crippen LogP contribution in [0, 0.1) is 5.82 Å². The van der Waals surface area contributed by atoms with E-state index in [9.17, 15) is 12.8 Å². The number of sulfonamides is 1. The molecule has 0 unspecified atom stereocenters. The number of benzene rings is 2. The van der Waals surface area contributed by atoms with E-state index in [4.69, 9.17) is 5.11 Å². The number of nitrogens with one attached hydrogen (secondary N) is 1. The van der Waals surface area contributed by atoms with Crippen molar-refractivity contribution in [2.45, 2.75) is 18.0 Å². The number of rotatable bonds is 5. The Labute approximate surface area is 116 Å². The summed E-state index contributed by atoms with van der Waals surface area (Å²) in [6.45, 7) is -0.378. The molecule has 0 aromatic heterocycles. The van der Waals surface area contributed by atoms with Crippen molar-refractivity contribution >= 4 is 10.0 Å². The lowest BCUT2D eigenvalue weighted by Crippen LogP contribution is -2.24. The van der Waals surface area contributed by atoms with Gasteiger partial charge in [0.15, 0.2) is 0 Å². The maximum absolute atomic E-state index is 13.0. The summed E-state index contributed by atoms with van der Waals surface area (Å²) in [6, 6.07) is 11.9. The second-order valence-corrected chi connectivity index (χ2v) is 5.96. The number of aliphatic hydroxyl groups is 1. The molecule has 0 aliphatic carbocycles. The van der Waals surface area contributed by atoms with Gasteiger partial charge in [-0.3, -0.25) is 0 Å². The van der Waals surface area contributed by atoms with Crippen LogP contribution >= 0.6 is 0 Å². The Kier molecular flexibility index (Phi) is 4.49. The SMILES string of the molecule is O=S(=O)(NCc1cccc(F)c1)c1ccccc1CO. The second-order valence-electron chi connectivity index (χ2n) is 4.22. The van der Waals surface area contributed by atoms with Crippen molar-refractivity contribution in [1.29, 1.82) is 0 Å². The summed E-state index contributed by atoms with van der Waals surface area (Å²) in [5.41, 5.74) is 0.842. The van der Waals surface area contributed by atoms with Gasteiger partial charge in [0.1, 0.15) is 5.82 Å². The van der Waals surface area contributed by atoms with E-state index in [1.54, 1.807) is 18.2 Å². The van der Waals surface area contributed by atoms with Crippen LogP contribution < -0.4 is 4.72 Å². The third-order valence-electron chi connectivity index (χ3n) is 2.79. The van der Waals surface area contributed by atoms with Crippen molar-refractivity contribution in [1.82, 2.24) is 4.72 Å². The van der Waals surface area contributed by atoms with Crippen LogP contribution in [0.2, 0.25) is 0 Å². The predicted molar refractivity (Wildman–Crippen MR) is 72.8 cm³/mol. The minimum atomic E-state index is -3.75. The Morgan fingerprint density at radius 2 is 1.85 bits per heavy atom. The molecular weight excluding hydrogens is 281 g/mol. The van der Waals surface area contributed by atoms with Gasteiger partial charge in [-0.1, -0.05) is 30.3 Å². The van der Waals surface area contributed by atoms with Gasteiger partial charge in [-0.25, -0.2) is 17.5 Å². The van der Waals surface area contributed by atoms with Gasteiger partial charge < -0.3 is 5.11 Å². The summed E-state index contributed by atoms with van der Waals surface area (Å²) in [6.07, 6.45) is 0. The molecule has 0 saturated carbocycles. The summed E-state index contributed by atoms with van der Waals surface area (Å²) in [4.78, 5) is 0.0268. The van der Waals surface area contributed by atoms with E-state index >= 15 is 0 Å². The molecule has 0 atom stereocenters.